The summed E-state index contributed by atoms with van der Waals surface area (Å²) in [6.07, 6.45) is 0.980. The molecule has 0 fully saturated rings. The number of ether oxygens (including phenoxy) is 1. The molecule has 0 spiro atoms. The Balaban J connectivity index is 1.89. The number of nitrogens with zero attached hydrogens (tertiary/aromatic N) is 3. The van der Waals surface area contributed by atoms with Gasteiger partial charge in [-0.05, 0) is 42.2 Å². The first-order chi connectivity index (χ1) is 14.9. The van der Waals surface area contributed by atoms with E-state index in [-0.39, 0.29) is 24.4 Å². The molecule has 0 aliphatic carbocycles. The van der Waals surface area contributed by atoms with Gasteiger partial charge < -0.3 is 9.64 Å². The maximum Gasteiger partial charge on any atom is 0.262 e. The number of carbonyl (C=O) groups excluding carboxylic acids is 2. The molecule has 2 amide bonds. The molecule has 1 atom stereocenters. The third-order valence-electron chi connectivity index (χ3n) is 5.74. The fraction of sp³-hybridized carbons (Fsp3) is 0.400. The molecular weight excluding hydrogens is 390 g/mol. The summed E-state index contributed by atoms with van der Waals surface area (Å²) in [7, 11) is 1.59. The highest BCUT2D eigenvalue weighted by Crippen LogP contribution is 2.33. The van der Waals surface area contributed by atoms with Gasteiger partial charge in [0.15, 0.2) is 0 Å². The molecule has 164 valence electrons. The average Bonchev–Trinajstić information content (AvgIpc) is 3.24. The van der Waals surface area contributed by atoms with Gasteiger partial charge in [0.2, 0.25) is 5.91 Å². The second-order valence-electron chi connectivity index (χ2n) is 7.88. The largest absolute Gasteiger partial charge is 0.383 e. The first-order valence-electron chi connectivity index (χ1n) is 10.7. The van der Waals surface area contributed by atoms with E-state index in [1.54, 1.807) is 23.9 Å². The summed E-state index contributed by atoms with van der Waals surface area (Å²) in [6, 6.07) is 16.0. The molecule has 3 rings (SSSR count). The first-order valence-corrected chi connectivity index (χ1v) is 10.7. The van der Waals surface area contributed by atoms with Crippen LogP contribution in [0.3, 0.4) is 0 Å². The average molecular weight is 422 g/mol. The molecule has 0 saturated carbocycles. The van der Waals surface area contributed by atoms with Crippen molar-refractivity contribution in [2.75, 3.05) is 26.8 Å². The van der Waals surface area contributed by atoms with Gasteiger partial charge in [-0.3, -0.25) is 9.59 Å². The number of hydrazone groups is 1. The van der Waals surface area contributed by atoms with Crippen molar-refractivity contribution in [3.8, 4) is 0 Å². The molecule has 2 aromatic rings. The summed E-state index contributed by atoms with van der Waals surface area (Å²) in [5, 5.41) is 6.29. The van der Waals surface area contributed by atoms with E-state index in [9.17, 15) is 9.59 Å². The van der Waals surface area contributed by atoms with Gasteiger partial charge in [-0.1, -0.05) is 49.4 Å². The fourth-order valence-electron chi connectivity index (χ4n) is 3.72. The zero-order valence-corrected chi connectivity index (χ0v) is 18.8. The van der Waals surface area contributed by atoms with E-state index in [2.05, 4.69) is 32.0 Å². The molecule has 0 radical (unpaired) electrons. The molecule has 2 aromatic carbocycles. The minimum absolute atomic E-state index is 0.0108. The molecule has 6 nitrogen and oxygen atoms in total. The third-order valence-corrected chi connectivity index (χ3v) is 5.74. The summed E-state index contributed by atoms with van der Waals surface area (Å²) in [5.41, 5.74) is 5.36. The van der Waals surface area contributed by atoms with Crippen molar-refractivity contribution in [3.05, 3.63) is 70.8 Å². The Morgan fingerprint density at radius 3 is 2.52 bits per heavy atom. The van der Waals surface area contributed by atoms with Gasteiger partial charge in [0.25, 0.3) is 5.91 Å². The highest BCUT2D eigenvalue weighted by Gasteiger charge is 2.34. The molecule has 0 bridgehead atoms. The van der Waals surface area contributed by atoms with Crippen LogP contribution in [0.15, 0.2) is 53.6 Å². The van der Waals surface area contributed by atoms with Crippen LogP contribution < -0.4 is 0 Å². The van der Waals surface area contributed by atoms with Gasteiger partial charge in [0.1, 0.15) is 6.54 Å². The van der Waals surface area contributed by atoms with Crippen LogP contribution in [0.4, 0.5) is 0 Å². The van der Waals surface area contributed by atoms with Crippen molar-refractivity contribution in [1.82, 2.24) is 9.91 Å². The number of hydrogen-bond donors (Lipinski definition) is 0. The van der Waals surface area contributed by atoms with Crippen molar-refractivity contribution in [2.45, 2.75) is 39.7 Å². The molecule has 1 aliphatic heterocycles. The summed E-state index contributed by atoms with van der Waals surface area (Å²) in [5.74, 6) is -0.259. The number of aryl methyl sites for hydroxylation is 2. The Morgan fingerprint density at radius 2 is 1.87 bits per heavy atom. The lowest BCUT2D eigenvalue weighted by atomic mass is 9.96. The fourth-order valence-corrected chi connectivity index (χ4v) is 3.72. The van der Waals surface area contributed by atoms with E-state index >= 15 is 0 Å². The van der Waals surface area contributed by atoms with Gasteiger partial charge >= 0.3 is 0 Å². The molecule has 1 heterocycles. The molecular formula is C25H31N3O3. The molecule has 1 aliphatic rings. The van der Waals surface area contributed by atoms with E-state index in [0.717, 1.165) is 16.8 Å². The van der Waals surface area contributed by atoms with E-state index < -0.39 is 0 Å². The lowest BCUT2D eigenvalue weighted by molar-refractivity contribution is -0.141. The Labute approximate surface area is 184 Å². The summed E-state index contributed by atoms with van der Waals surface area (Å²) in [4.78, 5) is 27.2. The van der Waals surface area contributed by atoms with Gasteiger partial charge in [-0.15, -0.1) is 0 Å². The monoisotopic (exact) mass is 421 g/mol. The van der Waals surface area contributed by atoms with Gasteiger partial charge in [0.05, 0.1) is 18.4 Å². The third kappa shape index (κ3) is 5.39. The summed E-state index contributed by atoms with van der Waals surface area (Å²) < 4.78 is 5.11. The van der Waals surface area contributed by atoms with Gasteiger partial charge in [0, 0.05) is 26.5 Å². The lowest BCUT2D eigenvalue weighted by Crippen LogP contribution is -2.42. The highest BCUT2D eigenvalue weighted by atomic mass is 16.5. The van der Waals surface area contributed by atoms with E-state index in [1.807, 2.05) is 30.3 Å². The van der Waals surface area contributed by atoms with Crippen molar-refractivity contribution < 1.29 is 14.3 Å². The number of benzene rings is 2. The standard InChI is InChI=1S/C25H31N3O3/c1-5-24(29)27(13-14-31-4)17-25(30)28-23(20-9-7-6-8-10-20)16-22(26-28)21-12-11-18(2)19(3)15-21/h6-12,15,23H,5,13-14,16-17H2,1-4H3/t23-/m0/s1. The lowest BCUT2D eigenvalue weighted by Gasteiger charge is -2.26. The normalized spacial score (nSPS) is 15.7. The molecule has 31 heavy (non-hydrogen) atoms. The van der Waals surface area contributed by atoms with Crippen molar-refractivity contribution in [2.24, 2.45) is 5.10 Å². The van der Waals surface area contributed by atoms with E-state index in [0.29, 0.717) is 26.0 Å². The van der Waals surface area contributed by atoms with Crippen LogP contribution in [-0.4, -0.2) is 54.2 Å². The molecule has 0 unspecified atom stereocenters. The van der Waals surface area contributed by atoms with Crippen LogP contribution in [-0.2, 0) is 14.3 Å². The Morgan fingerprint density at radius 1 is 1.13 bits per heavy atom. The maximum absolute atomic E-state index is 13.3. The van der Waals surface area contributed by atoms with Gasteiger partial charge in [-0.2, -0.15) is 5.10 Å². The molecule has 0 N–H and O–H groups in total. The van der Waals surface area contributed by atoms with Crippen molar-refractivity contribution >= 4 is 17.5 Å². The predicted octanol–water partition coefficient (Wildman–Crippen LogP) is 3.87. The zero-order chi connectivity index (χ0) is 22.4. The maximum atomic E-state index is 13.3. The number of methoxy groups -OCH3 is 1. The van der Waals surface area contributed by atoms with Crippen LogP contribution in [0, 0.1) is 13.8 Å². The van der Waals surface area contributed by atoms with Crippen LogP contribution in [0.2, 0.25) is 0 Å². The smallest absolute Gasteiger partial charge is 0.262 e. The number of rotatable bonds is 8. The number of amides is 2. The molecule has 6 heteroatoms. The van der Waals surface area contributed by atoms with Crippen LogP contribution in [0.1, 0.15) is 48.1 Å². The summed E-state index contributed by atoms with van der Waals surface area (Å²) in [6.45, 7) is 6.71. The minimum atomic E-state index is -0.189. The van der Waals surface area contributed by atoms with E-state index in [4.69, 9.17) is 9.84 Å². The van der Waals surface area contributed by atoms with Crippen LogP contribution >= 0.6 is 0 Å². The minimum Gasteiger partial charge on any atom is -0.383 e. The Hall–Kier alpha value is -2.99. The second kappa shape index (κ2) is 10.4. The van der Waals surface area contributed by atoms with Crippen LogP contribution in [0.25, 0.3) is 0 Å². The SMILES string of the molecule is CCC(=O)N(CCOC)CC(=O)N1N=C(c2ccc(C)c(C)c2)C[C@H]1c1ccccc1. The number of carbonyl (C=O) groups is 2. The summed E-state index contributed by atoms with van der Waals surface area (Å²) >= 11 is 0. The van der Waals surface area contributed by atoms with Gasteiger partial charge in [-0.25, -0.2) is 5.01 Å². The predicted molar refractivity (Wildman–Crippen MR) is 122 cm³/mol. The van der Waals surface area contributed by atoms with Crippen LogP contribution in [0.5, 0.6) is 0 Å². The zero-order valence-electron chi connectivity index (χ0n) is 18.8. The molecule has 0 aromatic heterocycles. The van der Waals surface area contributed by atoms with Crippen molar-refractivity contribution in [3.63, 3.8) is 0 Å². The topological polar surface area (TPSA) is 62.2 Å². The second-order valence-corrected chi connectivity index (χ2v) is 7.88. The number of hydrogen-bond acceptors (Lipinski definition) is 4. The van der Waals surface area contributed by atoms with E-state index in [1.165, 1.54) is 11.1 Å². The Bertz CT molecular complexity index is 956. The highest BCUT2D eigenvalue weighted by molar-refractivity contribution is 6.03. The quantitative estimate of drug-likeness (QED) is 0.650. The Kier molecular flexibility index (Phi) is 7.58. The van der Waals surface area contributed by atoms with Crippen molar-refractivity contribution in [1.29, 1.82) is 0 Å². The molecule has 0 saturated heterocycles. The first kappa shape index (κ1) is 22.7.